The molecule has 0 aliphatic carbocycles. The topological polar surface area (TPSA) is 146 Å². The Balaban J connectivity index is 1.48. The van der Waals surface area contributed by atoms with E-state index in [4.69, 9.17) is 15.9 Å². The fourth-order valence-electron chi connectivity index (χ4n) is 5.10. The molecule has 2 saturated heterocycles. The number of aromatic nitrogens is 3. The molecular formula is C27H32N8O3. The lowest BCUT2D eigenvalue weighted by atomic mass is 9.96. The van der Waals surface area contributed by atoms with E-state index in [1.165, 1.54) is 6.92 Å². The number of aromatic amines is 1. The van der Waals surface area contributed by atoms with Crippen molar-refractivity contribution in [3.05, 3.63) is 48.4 Å². The zero-order valence-corrected chi connectivity index (χ0v) is 21.8. The van der Waals surface area contributed by atoms with Crippen LogP contribution in [0, 0.1) is 11.3 Å². The number of H-pyrrole nitrogens is 1. The van der Waals surface area contributed by atoms with Crippen LogP contribution in [0.2, 0.25) is 0 Å². The van der Waals surface area contributed by atoms with Crippen molar-refractivity contribution in [2.75, 3.05) is 31.2 Å². The van der Waals surface area contributed by atoms with Gasteiger partial charge in [0.15, 0.2) is 0 Å². The van der Waals surface area contributed by atoms with Crippen LogP contribution in [-0.2, 0) is 20.9 Å². The summed E-state index contributed by atoms with van der Waals surface area (Å²) in [4.78, 5) is 36.1. The zero-order valence-electron chi connectivity index (χ0n) is 21.8. The lowest BCUT2D eigenvalue weighted by molar-refractivity contribution is -0.145. The SMILES string of the molecule is CC(=O)N1CCN(c2cccc(-c3cc(-c4cnn(CC5COC5)c4)c(C(N)=NC=N)[nH]3)c2)C(=O)C1(C)C. The van der Waals surface area contributed by atoms with E-state index in [0.717, 1.165) is 54.2 Å². The van der Waals surface area contributed by atoms with E-state index in [9.17, 15) is 9.59 Å². The number of amidine groups is 1. The summed E-state index contributed by atoms with van der Waals surface area (Å²) >= 11 is 0. The molecule has 0 spiro atoms. The van der Waals surface area contributed by atoms with Crippen molar-refractivity contribution in [3.63, 3.8) is 0 Å². The molecule has 3 aromatic rings. The first-order chi connectivity index (χ1) is 18.2. The number of aliphatic imine (C=N–C) groups is 1. The van der Waals surface area contributed by atoms with Crippen molar-refractivity contribution >= 4 is 29.7 Å². The van der Waals surface area contributed by atoms with Crippen LogP contribution in [0.4, 0.5) is 5.69 Å². The Hall–Kier alpha value is -4.25. The van der Waals surface area contributed by atoms with Gasteiger partial charge in [-0.3, -0.25) is 19.7 Å². The van der Waals surface area contributed by atoms with Gasteiger partial charge in [-0.2, -0.15) is 5.10 Å². The highest BCUT2D eigenvalue weighted by molar-refractivity contribution is 6.06. The summed E-state index contributed by atoms with van der Waals surface area (Å²) in [5.74, 6) is 0.406. The molecule has 0 radical (unpaired) electrons. The molecule has 2 aromatic heterocycles. The third kappa shape index (κ3) is 4.60. The molecule has 5 rings (SSSR count). The van der Waals surface area contributed by atoms with E-state index in [0.29, 0.717) is 24.7 Å². The normalized spacial score (nSPS) is 18.0. The fourth-order valence-corrected chi connectivity index (χ4v) is 5.10. The number of nitrogens with zero attached hydrogens (tertiary/aromatic N) is 5. The summed E-state index contributed by atoms with van der Waals surface area (Å²) in [5.41, 5.74) is 9.96. The molecule has 2 amide bonds. The minimum Gasteiger partial charge on any atom is -0.382 e. The molecule has 11 nitrogen and oxygen atoms in total. The number of benzene rings is 1. The van der Waals surface area contributed by atoms with Gasteiger partial charge in [0, 0.05) is 66.7 Å². The molecule has 4 heterocycles. The molecule has 0 atom stereocenters. The van der Waals surface area contributed by atoms with Gasteiger partial charge in [-0.05, 0) is 32.0 Å². The largest absolute Gasteiger partial charge is 0.382 e. The first-order valence-corrected chi connectivity index (χ1v) is 12.6. The molecule has 2 fully saturated rings. The number of carbonyl (C=O) groups is 2. The molecule has 1 aromatic carbocycles. The number of rotatable bonds is 7. The standard InChI is InChI=1S/C27H32N8O3/c1-17(36)35-8-7-34(26(37)27(35,2)3)21-6-4-5-19(9-21)23-10-22(24(32-23)25(29)30-16-28)20-11-31-33(13-20)12-18-14-38-15-18/h4-6,9-11,13,16,18,32H,7-8,12,14-15H2,1-3H3,(H3,28,29,30). The summed E-state index contributed by atoms with van der Waals surface area (Å²) in [7, 11) is 0. The Morgan fingerprint density at radius 1 is 1.29 bits per heavy atom. The van der Waals surface area contributed by atoms with Gasteiger partial charge in [0.1, 0.15) is 17.7 Å². The predicted octanol–water partition coefficient (Wildman–Crippen LogP) is 2.48. The van der Waals surface area contributed by atoms with Crippen LogP contribution in [0.15, 0.2) is 47.7 Å². The Labute approximate surface area is 220 Å². The van der Waals surface area contributed by atoms with Crippen molar-refractivity contribution in [2.24, 2.45) is 16.6 Å². The average Bonchev–Trinajstić information content (AvgIpc) is 3.50. The Kier molecular flexibility index (Phi) is 6.62. The Morgan fingerprint density at radius 3 is 2.76 bits per heavy atom. The van der Waals surface area contributed by atoms with Crippen molar-refractivity contribution in [2.45, 2.75) is 32.9 Å². The van der Waals surface area contributed by atoms with E-state index in [1.54, 1.807) is 29.8 Å². The third-order valence-corrected chi connectivity index (χ3v) is 7.21. The van der Waals surface area contributed by atoms with Crippen molar-refractivity contribution in [1.82, 2.24) is 19.7 Å². The van der Waals surface area contributed by atoms with Gasteiger partial charge in [0.2, 0.25) is 5.91 Å². The van der Waals surface area contributed by atoms with Crippen LogP contribution in [0.5, 0.6) is 0 Å². The van der Waals surface area contributed by atoms with Gasteiger partial charge in [0.25, 0.3) is 5.91 Å². The number of carbonyl (C=O) groups excluding carboxylic acids is 2. The molecule has 38 heavy (non-hydrogen) atoms. The number of ether oxygens (including phenoxy) is 1. The molecule has 11 heteroatoms. The van der Waals surface area contributed by atoms with Crippen LogP contribution in [0.25, 0.3) is 22.4 Å². The van der Waals surface area contributed by atoms with Gasteiger partial charge >= 0.3 is 0 Å². The summed E-state index contributed by atoms with van der Waals surface area (Å²) in [6.45, 7) is 8.19. The summed E-state index contributed by atoms with van der Waals surface area (Å²) in [6, 6.07) is 9.67. The van der Waals surface area contributed by atoms with Crippen molar-refractivity contribution in [3.8, 4) is 22.4 Å². The van der Waals surface area contributed by atoms with E-state index < -0.39 is 5.54 Å². The number of nitrogens with two attached hydrogens (primary N) is 1. The lowest BCUT2D eigenvalue weighted by Crippen LogP contribution is -2.64. The molecule has 0 unspecified atom stereocenters. The average molecular weight is 517 g/mol. The predicted molar refractivity (Wildman–Crippen MR) is 145 cm³/mol. The lowest BCUT2D eigenvalue weighted by Gasteiger charge is -2.45. The summed E-state index contributed by atoms with van der Waals surface area (Å²) in [5, 5.41) is 11.9. The smallest absolute Gasteiger partial charge is 0.252 e. The molecule has 2 aliphatic heterocycles. The second-order valence-electron chi connectivity index (χ2n) is 10.2. The highest BCUT2D eigenvalue weighted by Gasteiger charge is 2.43. The summed E-state index contributed by atoms with van der Waals surface area (Å²) < 4.78 is 7.17. The van der Waals surface area contributed by atoms with Crippen molar-refractivity contribution in [1.29, 1.82) is 5.41 Å². The van der Waals surface area contributed by atoms with E-state index in [2.05, 4.69) is 15.1 Å². The number of piperazine rings is 1. The maximum Gasteiger partial charge on any atom is 0.252 e. The van der Waals surface area contributed by atoms with E-state index in [1.807, 2.05) is 41.2 Å². The summed E-state index contributed by atoms with van der Waals surface area (Å²) in [6.07, 6.45) is 4.67. The van der Waals surface area contributed by atoms with Gasteiger partial charge in [-0.25, -0.2) is 4.99 Å². The van der Waals surface area contributed by atoms with Gasteiger partial charge < -0.3 is 25.3 Å². The number of hydrogen-bond acceptors (Lipinski definition) is 5. The second kappa shape index (κ2) is 9.90. The van der Waals surface area contributed by atoms with Crippen LogP contribution in [0.3, 0.4) is 0 Å². The highest BCUT2D eigenvalue weighted by atomic mass is 16.5. The Morgan fingerprint density at radius 2 is 2.08 bits per heavy atom. The second-order valence-corrected chi connectivity index (χ2v) is 10.2. The van der Waals surface area contributed by atoms with Crippen molar-refractivity contribution < 1.29 is 14.3 Å². The maximum atomic E-state index is 13.4. The fraction of sp³-hybridized carbons (Fsp3) is 0.370. The van der Waals surface area contributed by atoms with E-state index in [-0.39, 0.29) is 17.6 Å². The minimum absolute atomic E-state index is 0.114. The minimum atomic E-state index is -0.934. The van der Waals surface area contributed by atoms with Gasteiger partial charge in [0.05, 0.1) is 25.1 Å². The number of amides is 2. The molecule has 0 saturated carbocycles. The first-order valence-electron chi connectivity index (χ1n) is 12.6. The zero-order chi connectivity index (χ0) is 27.0. The quantitative estimate of drug-likeness (QED) is 0.326. The third-order valence-electron chi connectivity index (χ3n) is 7.21. The number of hydrogen-bond donors (Lipinski definition) is 3. The van der Waals surface area contributed by atoms with Crippen LogP contribution in [0.1, 0.15) is 26.5 Å². The molecule has 2 aliphatic rings. The molecule has 0 bridgehead atoms. The monoisotopic (exact) mass is 516 g/mol. The molecule has 4 N–H and O–H groups in total. The first kappa shape index (κ1) is 25.4. The molecular weight excluding hydrogens is 484 g/mol. The number of nitrogens with one attached hydrogen (secondary N) is 2. The number of anilines is 1. The van der Waals surface area contributed by atoms with E-state index >= 15 is 0 Å². The van der Waals surface area contributed by atoms with Gasteiger partial charge in [-0.1, -0.05) is 12.1 Å². The Bertz CT molecular complexity index is 1420. The van der Waals surface area contributed by atoms with Crippen LogP contribution >= 0.6 is 0 Å². The van der Waals surface area contributed by atoms with Crippen LogP contribution < -0.4 is 10.6 Å². The molecule has 198 valence electrons. The van der Waals surface area contributed by atoms with Crippen LogP contribution in [-0.4, -0.2) is 75.5 Å². The van der Waals surface area contributed by atoms with Gasteiger partial charge in [-0.15, -0.1) is 0 Å². The highest BCUT2D eigenvalue weighted by Crippen LogP contribution is 2.33. The maximum absolute atomic E-state index is 13.4.